The highest BCUT2D eigenvalue weighted by atomic mass is 16.5. The van der Waals surface area contributed by atoms with E-state index in [9.17, 15) is 19.8 Å². The molecule has 1 amide bonds. The Kier molecular flexibility index (Phi) is 72.9. The van der Waals surface area contributed by atoms with Crippen LogP contribution in [0.1, 0.15) is 431 Å². The maximum absolute atomic E-state index is 12.6. The smallest absolute Gasteiger partial charge is 0.305 e. The summed E-state index contributed by atoms with van der Waals surface area (Å²) in [6.07, 6.45) is 96.8. The highest BCUT2D eigenvalue weighted by Gasteiger charge is 2.18. The number of nitrogens with one attached hydrogen (secondary N) is 1. The standard InChI is InChI=1S/C79H151NO5/c1-3-5-7-9-11-13-15-17-19-21-23-24-25-30-33-36-39-43-47-51-55-59-63-67-71-77(82)76(75-81)80-78(83)72-68-64-60-56-52-48-44-40-37-34-31-28-26-27-29-32-35-38-42-46-50-54-58-62-66-70-74-85-79(84)73-69-65-61-57-53-49-45-41-22-20-18-16-14-12-10-8-6-4-2/h14,16,20,22,67,71,76-77,81-82H,3-13,15,17-19,21,23-66,68-70,72-75H2,1-2H3,(H,80,83)/b16-14-,22-20-,71-67+. The molecule has 6 heteroatoms. The minimum Gasteiger partial charge on any atom is -0.466 e. The van der Waals surface area contributed by atoms with Crippen molar-refractivity contribution in [1.82, 2.24) is 5.32 Å². The summed E-state index contributed by atoms with van der Waals surface area (Å²) >= 11 is 0. The van der Waals surface area contributed by atoms with Crippen molar-refractivity contribution in [2.45, 2.75) is 443 Å². The number of amides is 1. The van der Waals surface area contributed by atoms with Crippen molar-refractivity contribution >= 4 is 11.9 Å². The molecule has 3 N–H and O–H groups in total. The quantitative estimate of drug-likeness (QED) is 0.0320. The maximum atomic E-state index is 12.6. The minimum atomic E-state index is -0.845. The first kappa shape index (κ1) is 83.1. The Morgan fingerprint density at radius 1 is 0.329 bits per heavy atom. The maximum Gasteiger partial charge on any atom is 0.305 e. The number of hydrogen-bond acceptors (Lipinski definition) is 5. The van der Waals surface area contributed by atoms with Gasteiger partial charge in [-0.15, -0.1) is 0 Å². The van der Waals surface area contributed by atoms with E-state index in [0.29, 0.717) is 19.4 Å². The number of aliphatic hydroxyl groups excluding tert-OH is 2. The van der Waals surface area contributed by atoms with Gasteiger partial charge in [0.05, 0.1) is 25.4 Å². The predicted octanol–water partition coefficient (Wildman–Crippen LogP) is 25.4. The van der Waals surface area contributed by atoms with Crippen molar-refractivity contribution in [2.24, 2.45) is 0 Å². The third-order valence-corrected chi connectivity index (χ3v) is 18.2. The van der Waals surface area contributed by atoms with E-state index in [2.05, 4.69) is 43.5 Å². The molecule has 0 bridgehead atoms. The zero-order chi connectivity index (χ0) is 61.3. The Morgan fingerprint density at radius 3 is 0.906 bits per heavy atom. The molecule has 0 spiro atoms. The third kappa shape index (κ3) is 71.0. The van der Waals surface area contributed by atoms with E-state index in [4.69, 9.17) is 4.74 Å². The molecule has 6 nitrogen and oxygen atoms in total. The van der Waals surface area contributed by atoms with Crippen LogP contribution >= 0.6 is 0 Å². The van der Waals surface area contributed by atoms with Crippen molar-refractivity contribution in [1.29, 1.82) is 0 Å². The molecule has 0 aromatic carbocycles. The molecular weight excluding hydrogens is 1040 g/mol. The van der Waals surface area contributed by atoms with E-state index < -0.39 is 12.1 Å². The van der Waals surface area contributed by atoms with E-state index in [0.717, 1.165) is 51.4 Å². The van der Waals surface area contributed by atoms with Crippen molar-refractivity contribution in [3.05, 3.63) is 36.5 Å². The fourth-order valence-corrected chi connectivity index (χ4v) is 12.3. The topological polar surface area (TPSA) is 95.9 Å². The van der Waals surface area contributed by atoms with Gasteiger partial charge in [-0.05, 0) is 64.2 Å². The number of carbonyl (C=O) groups excluding carboxylic acids is 2. The fourth-order valence-electron chi connectivity index (χ4n) is 12.3. The van der Waals surface area contributed by atoms with Gasteiger partial charge in [0.2, 0.25) is 5.91 Å². The average Bonchev–Trinajstić information content (AvgIpc) is 3.51. The number of ether oxygens (including phenoxy) is 1. The van der Waals surface area contributed by atoms with Crippen LogP contribution < -0.4 is 5.32 Å². The molecule has 0 fully saturated rings. The van der Waals surface area contributed by atoms with Crippen LogP contribution in [0.3, 0.4) is 0 Å². The number of carbonyl (C=O) groups is 2. The molecule has 0 aliphatic heterocycles. The lowest BCUT2D eigenvalue weighted by atomic mass is 10.0. The van der Waals surface area contributed by atoms with E-state index in [1.54, 1.807) is 6.08 Å². The molecular formula is C79H151NO5. The van der Waals surface area contributed by atoms with Gasteiger partial charge in [0.15, 0.2) is 0 Å². The van der Waals surface area contributed by atoms with E-state index in [1.165, 1.54) is 353 Å². The predicted molar refractivity (Wildman–Crippen MR) is 375 cm³/mol. The zero-order valence-corrected chi connectivity index (χ0v) is 57.6. The second kappa shape index (κ2) is 74.5. The van der Waals surface area contributed by atoms with Gasteiger partial charge in [-0.3, -0.25) is 9.59 Å². The van der Waals surface area contributed by atoms with Gasteiger partial charge in [-0.1, -0.05) is 391 Å². The lowest BCUT2D eigenvalue weighted by Crippen LogP contribution is -2.45. The first-order chi connectivity index (χ1) is 42.0. The highest BCUT2D eigenvalue weighted by molar-refractivity contribution is 5.76. The molecule has 0 saturated heterocycles. The normalized spacial score (nSPS) is 12.7. The Morgan fingerprint density at radius 2 is 0.588 bits per heavy atom. The first-order valence-corrected chi connectivity index (χ1v) is 38.8. The Hall–Kier alpha value is -1.92. The molecule has 0 saturated carbocycles. The average molecular weight is 1200 g/mol. The molecule has 0 rings (SSSR count). The number of hydrogen-bond donors (Lipinski definition) is 3. The van der Waals surface area contributed by atoms with Crippen LogP contribution in [-0.2, 0) is 14.3 Å². The van der Waals surface area contributed by atoms with Gasteiger partial charge < -0.3 is 20.3 Å². The SMILES string of the molecule is CCCCCC/C=C\C/C=C\CCCCCCCCCC(=O)OCCCCCCCCCCCCCCCCCCCCCCCCCCCCC(=O)NC(CO)C(O)/C=C/CCCCCCCCCCCCCCCCCCCCCCCC. The third-order valence-electron chi connectivity index (χ3n) is 18.2. The van der Waals surface area contributed by atoms with Gasteiger partial charge in [-0.2, -0.15) is 0 Å². The summed E-state index contributed by atoms with van der Waals surface area (Å²) in [5.74, 6) is -0.0507. The summed E-state index contributed by atoms with van der Waals surface area (Å²) in [5, 5.41) is 23.3. The number of unbranched alkanes of at least 4 members (excludes halogenated alkanes) is 58. The summed E-state index contributed by atoms with van der Waals surface area (Å²) in [6, 6.07) is -0.628. The highest BCUT2D eigenvalue weighted by Crippen LogP contribution is 2.20. The van der Waals surface area contributed by atoms with Gasteiger partial charge in [0.25, 0.3) is 0 Å². The molecule has 2 unspecified atom stereocenters. The first-order valence-electron chi connectivity index (χ1n) is 38.8. The van der Waals surface area contributed by atoms with Crippen LogP contribution in [0.25, 0.3) is 0 Å². The summed E-state index contributed by atoms with van der Waals surface area (Å²) in [6.45, 7) is 4.93. The van der Waals surface area contributed by atoms with E-state index in [1.807, 2.05) is 6.08 Å². The van der Waals surface area contributed by atoms with Crippen molar-refractivity contribution < 1.29 is 24.5 Å². The van der Waals surface area contributed by atoms with Crippen molar-refractivity contribution in [2.75, 3.05) is 13.2 Å². The fraction of sp³-hybridized carbons (Fsp3) is 0.899. The Bertz CT molecular complexity index is 1380. The summed E-state index contributed by atoms with van der Waals surface area (Å²) in [7, 11) is 0. The lowest BCUT2D eigenvalue weighted by Gasteiger charge is -2.20. The monoisotopic (exact) mass is 1190 g/mol. The molecule has 85 heavy (non-hydrogen) atoms. The number of esters is 1. The van der Waals surface area contributed by atoms with Crippen LogP contribution in [-0.4, -0.2) is 47.4 Å². The van der Waals surface area contributed by atoms with Crippen LogP contribution in [0.2, 0.25) is 0 Å². The molecule has 0 aliphatic carbocycles. The number of aliphatic hydroxyl groups is 2. The van der Waals surface area contributed by atoms with Crippen molar-refractivity contribution in [3.63, 3.8) is 0 Å². The Labute approximate surface area is 532 Å². The van der Waals surface area contributed by atoms with Crippen LogP contribution in [0.15, 0.2) is 36.5 Å². The second-order valence-electron chi connectivity index (χ2n) is 26.7. The largest absolute Gasteiger partial charge is 0.466 e. The molecule has 502 valence electrons. The van der Waals surface area contributed by atoms with Crippen LogP contribution in [0, 0.1) is 0 Å². The van der Waals surface area contributed by atoms with E-state index >= 15 is 0 Å². The molecule has 0 aliphatic rings. The molecule has 0 heterocycles. The molecule has 0 radical (unpaired) electrons. The van der Waals surface area contributed by atoms with Gasteiger partial charge >= 0.3 is 5.97 Å². The van der Waals surface area contributed by atoms with Crippen LogP contribution in [0.4, 0.5) is 0 Å². The van der Waals surface area contributed by atoms with E-state index in [-0.39, 0.29) is 18.5 Å². The van der Waals surface area contributed by atoms with Crippen LogP contribution in [0.5, 0.6) is 0 Å². The summed E-state index contributed by atoms with van der Waals surface area (Å²) < 4.78 is 5.51. The molecule has 0 aromatic heterocycles. The number of rotatable bonds is 73. The number of allylic oxidation sites excluding steroid dienone is 5. The summed E-state index contributed by atoms with van der Waals surface area (Å²) in [4.78, 5) is 24.7. The minimum absolute atomic E-state index is 0.0104. The second-order valence-corrected chi connectivity index (χ2v) is 26.7. The lowest BCUT2D eigenvalue weighted by molar-refractivity contribution is -0.143. The van der Waals surface area contributed by atoms with Crippen molar-refractivity contribution in [3.8, 4) is 0 Å². The van der Waals surface area contributed by atoms with Gasteiger partial charge in [-0.25, -0.2) is 0 Å². The van der Waals surface area contributed by atoms with Gasteiger partial charge in [0.1, 0.15) is 0 Å². The zero-order valence-electron chi connectivity index (χ0n) is 57.6. The summed E-state index contributed by atoms with van der Waals surface area (Å²) in [5.41, 5.74) is 0. The molecule has 0 aromatic rings. The Balaban J connectivity index is 3.38. The molecule has 2 atom stereocenters. The van der Waals surface area contributed by atoms with Gasteiger partial charge in [0, 0.05) is 12.8 Å².